The van der Waals surface area contributed by atoms with Gasteiger partial charge in [0, 0.05) is 30.5 Å². The third-order valence-electron chi connectivity index (χ3n) is 4.45. The highest BCUT2D eigenvalue weighted by molar-refractivity contribution is 7.09. The Kier molecular flexibility index (Phi) is 4.97. The summed E-state index contributed by atoms with van der Waals surface area (Å²) in [7, 11) is 0. The lowest BCUT2D eigenvalue weighted by atomic mass is 10.0. The standard InChI is InChI=1S/C18H25N3OS/c1-14(2)16-19-17(23-20-16)21(12-15-8-4-3-5-9-15)13-18(22)10-6-7-11-18/h3-5,8-9,14,22H,6-7,10-13H2,1-2H3. The molecule has 23 heavy (non-hydrogen) atoms. The van der Waals surface area contributed by atoms with Crippen LogP contribution in [0.5, 0.6) is 0 Å². The molecule has 124 valence electrons. The van der Waals surface area contributed by atoms with E-state index in [1.165, 1.54) is 17.1 Å². The zero-order valence-electron chi connectivity index (χ0n) is 13.9. The Morgan fingerprint density at radius 2 is 1.91 bits per heavy atom. The second kappa shape index (κ2) is 6.97. The van der Waals surface area contributed by atoms with Crippen LogP contribution in [-0.4, -0.2) is 26.6 Å². The van der Waals surface area contributed by atoms with Crippen LogP contribution in [0.2, 0.25) is 0 Å². The molecule has 0 aliphatic heterocycles. The van der Waals surface area contributed by atoms with Crippen molar-refractivity contribution in [2.45, 2.75) is 57.6 Å². The zero-order valence-corrected chi connectivity index (χ0v) is 14.7. The summed E-state index contributed by atoms with van der Waals surface area (Å²) in [5, 5.41) is 11.7. The van der Waals surface area contributed by atoms with E-state index in [4.69, 9.17) is 4.98 Å². The van der Waals surface area contributed by atoms with Crippen molar-refractivity contribution in [1.82, 2.24) is 9.36 Å². The van der Waals surface area contributed by atoms with Crippen molar-refractivity contribution in [3.63, 3.8) is 0 Å². The summed E-state index contributed by atoms with van der Waals surface area (Å²) in [6.45, 7) is 5.61. The molecular formula is C18H25N3OS. The van der Waals surface area contributed by atoms with Gasteiger partial charge in [-0.05, 0) is 18.4 Å². The number of hydrogen-bond acceptors (Lipinski definition) is 5. The van der Waals surface area contributed by atoms with E-state index in [0.29, 0.717) is 12.5 Å². The highest BCUT2D eigenvalue weighted by Crippen LogP contribution is 2.33. The van der Waals surface area contributed by atoms with Crippen LogP contribution in [0.3, 0.4) is 0 Å². The minimum Gasteiger partial charge on any atom is -0.388 e. The molecule has 1 heterocycles. The van der Waals surface area contributed by atoms with Crippen molar-refractivity contribution in [3.05, 3.63) is 41.7 Å². The average Bonchev–Trinajstić information content (AvgIpc) is 3.17. The van der Waals surface area contributed by atoms with Gasteiger partial charge in [-0.1, -0.05) is 57.0 Å². The third-order valence-corrected chi connectivity index (χ3v) is 5.24. The number of hydrogen-bond donors (Lipinski definition) is 1. The van der Waals surface area contributed by atoms with E-state index < -0.39 is 5.60 Å². The lowest BCUT2D eigenvalue weighted by molar-refractivity contribution is 0.0544. The van der Waals surface area contributed by atoms with Crippen LogP contribution in [0.1, 0.15) is 56.8 Å². The van der Waals surface area contributed by atoms with Gasteiger partial charge < -0.3 is 10.0 Å². The highest BCUT2D eigenvalue weighted by atomic mass is 32.1. The molecule has 1 saturated carbocycles. The monoisotopic (exact) mass is 331 g/mol. The van der Waals surface area contributed by atoms with E-state index in [0.717, 1.165) is 43.2 Å². The van der Waals surface area contributed by atoms with Gasteiger partial charge in [-0.2, -0.15) is 4.37 Å². The quantitative estimate of drug-likeness (QED) is 0.870. The van der Waals surface area contributed by atoms with Gasteiger partial charge in [-0.15, -0.1) is 0 Å². The van der Waals surface area contributed by atoms with Crippen LogP contribution in [-0.2, 0) is 6.54 Å². The first kappa shape index (κ1) is 16.4. The van der Waals surface area contributed by atoms with Gasteiger partial charge in [0.05, 0.1) is 5.60 Å². The maximum Gasteiger partial charge on any atom is 0.205 e. The summed E-state index contributed by atoms with van der Waals surface area (Å²) in [5.41, 5.74) is 0.647. The van der Waals surface area contributed by atoms with Crippen LogP contribution in [0, 0.1) is 0 Å². The van der Waals surface area contributed by atoms with Gasteiger partial charge in [0.25, 0.3) is 0 Å². The Balaban J connectivity index is 1.82. The minimum absolute atomic E-state index is 0.327. The molecule has 1 aliphatic carbocycles. The minimum atomic E-state index is -0.585. The van der Waals surface area contributed by atoms with E-state index in [9.17, 15) is 5.11 Å². The lowest BCUT2D eigenvalue weighted by Crippen LogP contribution is -2.41. The zero-order chi connectivity index (χ0) is 16.3. The lowest BCUT2D eigenvalue weighted by Gasteiger charge is -2.31. The summed E-state index contributed by atoms with van der Waals surface area (Å²) in [5.74, 6) is 1.22. The molecule has 3 rings (SSSR count). The molecule has 0 saturated heterocycles. The summed E-state index contributed by atoms with van der Waals surface area (Å²) in [6, 6.07) is 10.4. The second-order valence-electron chi connectivity index (χ2n) is 6.86. The molecule has 0 amide bonds. The molecular weight excluding hydrogens is 306 g/mol. The van der Waals surface area contributed by atoms with E-state index >= 15 is 0 Å². The van der Waals surface area contributed by atoms with Crippen molar-refractivity contribution in [1.29, 1.82) is 0 Å². The number of aromatic nitrogens is 2. The molecule has 1 fully saturated rings. The van der Waals surface area contributed by atoms with Crippen molar-refractivity contribution in [3.8, 4) is 0 Å². The molecule has 0 unspecified atom stereocenters. The molecule has 0 atom stereocenters. The van der Waals surface area contributed by atoms with Gasteiger partial charge in [-0.3, -0.25) is 0 Å². The maximum atomic E-state index is 10.8. The average molecular weight is 331 g/mol. The van der Waals surface area contributed by atoms with Gasteiger partial charge in [0.1, 0.15) is 5.82 Å². The fraction of sp³-hybridized carbons (Fsp3) is 0.556. The Hall–Kier alpha value is -1.46. The summed E-state index contributed by atoms with van der Waals surface area (Å²) in [4.78, 5) is 6.90. The molecule has 2 aromatic rings. The molecule has 1 aliphatic rings. The first-order chi connectivity index (χ1) is 11.1. The van der Waals surface area contributed by atoms with Crippen molar-refractivity contribution < 1.29 is 5.11 Å². The fourth-order valence-corrected chi connectivity index (χ4v) is 3.94. The van der Waals surface area contributed by atoms with Crippen LogP contribution < -0.4 is 4.90 Å². The SMILES string of the molecule is CC(C)c1nsc(N(Cc2ccccc2)CC2(O)CCCC2)n1. The van der Waals surface area contributed by atoms with Gasteiger partial charge in [0.15, 0.2) is 0 Å². The largest absolute Gasteiger partial charge is 0.388 e. The summed E-state index contributed by atoms with van der Waals surface area (Å²) in [6.07, 6.45) is 3.99. The van der Waals surface area contributed by atoms with E-state index in [1.807, 2.05) is 6.07 Å². The molecule has 0 bridgehead atoms. The van der Waals surface area contributed by atoms with Crippen molar-refractivity contribution in [2.24, 2.45) is 0 Å². The first-order valence-corrected chi connectivity index (χ1v) is 9.18. The molecule has 1 aromatic heterocycles. The van der Waals surface area contributed by atoms with E-state index in [1.54, 1.807) is 0 Å². The predicted molar refractivity (Wildman–Crippen MR) is 94.9 cm³/mol. The van der Waals surface area contributed by atoms with Crippen LogP contribution in [0.15, 0.2) is 30.3 Å². The summed E-state index contributed by atoms with van der Waals surface area (Å²) < 4.78 is 4.48. The predicted octanol–water partition coefficient (Wildman–Crippen LogP) is 3.97. The topological polar surface area (TPSA) is 49.2 Å². The smallest absolute Gasteiger partial charge is 0.205 e. The van der Waals surface area contributed by atoms with Gasteiger partial charge in [0.2, 0.25) is 5.13 Å². The molecule has 5 heteroatoms. The molecule has 0 spiro atoms. The Bertz CT molecular complexity index is 620. The van der Waals surface area contributed by atoms with Gasteiger partial charge >= 0.3 is 0 Å². The van der Waals surface area contributed by atoms with Crippen LogP contribution >= 0.6 is 11.5 Å². The van der Waals surface area contributed by atoms with Crippen LogP contribution in [0.25, 0.3) is 0 Å². The van der Waals surface area contributed by atoms with Gasteiger partial charge in [-0.25, -0.2) is 4.98 Å². The normalized spacial score (nSPS) is 16.9. The molecule has 4 nitrogen and oxygen atoms in total. The van der Waals surface area contributed by atoms with Crippen molar-refractivity contribution in [2.75, 3.05) is 11.4 Å². The number of aliphatic hydroxyl groups is 1. The Morgan fingerprint density at radius 3 is 2.52 bits per heavy atom. The highest BCUT2D eigenvalue weighted by Gasteiger charge is 2.34. The number of anilines is 1. The Labute approximate surface area is 142 Å². The third kappa shape index (κ3) is 4.09. The fourth-order valence-electron chi connectivity index (χ4n) is 3.13. The molecule has 1 N–H and O–H groups in total. The Morgan fingerprint density at radius 1 is 1.22 bits per heavy atom. The summed E-state index contributed by atoms with van der Waals surface area (Å²) >= 11 is 1.44. The van der Waals surface area contributed by atoms with E-state index in [-0.39, 0.29) is 0 Å². The molecule has 1 aromatic carbocycles. The maximum absolute atomic E-state index is 10.8. The molecule has 0 radical (unpaired) electrons. The number of benzene rings is 1. The van der Waals surface area contributed by atoms with Crippen LogP contribution in [0.4, 0.5) is 5.13 Å². The first-order valence-electron chi connectivity index (χ1n) is 8.41. The number of rotatable bonds is 6. The van der Waals surface area contributed by atoms with E-state index in [2.05, 4.69) is 47.4 Å². The second-order valence-corrected chi connectivity index (χ2v) is 7.59. The number of nitrogens with zero attached hydrogens (tertiary/aromatic N) is 3. The van der Waals surface area contributed by atoms with Crippen molar-refractivity contribution >= 4 is 16.7 Å².